The number of likely N-dealkylation sites (tertiary alicyclic amines) is 1. The molecule has 1 fully saturated rings. The van der Waals surface area contributed by atoms with Crippen molar-refractivity contribution in [2.75, 3.05) is 13.1 Å². The van der Waals surface area contributed by atoms with Crippen molar-refractivity contribution in [3.05, 3.63) is 59.9 Å². The molecule has 0 radical (unpaired) electrons. The van der Waals surface area contributed by atoms with E-state index in [1.165, 1.54) is 10.8 Å². The zero-order valence-electron chi connectivity index (χ0n) is 14.7. The number of aromatic nitrogens is 2. The monoisotopic (exact) mass is 384 g/mol. The van der Waals surface area contributed by atoms with Crippen LogP contribution < -0.4 is 4.72 Å². The van der Waals surface area contributed by atoms with Gasteiger partial charge in [-0.15, -0.1) is 0 Å². The largest absolute Gasteiger partial charge is 0.342 e. The van der Waals surface area contributed by atoms with Gasteiger partial charge in [-0.25, -0.2) is 8.89 Å². The topological polar surface area (TPSA) is 84.3 Å². The van der Waals surface area contributed by atoms with Crippen molar-refractivity contribution in [3.63, 3.8) is 0 Å². The lowest BCUT2D eigenvalue weighted by molar-refractivity contribution is -0.131. The predicted octanol–water partition coefficient (Wildman–Crippen LogP) is 1.42. The normalized spacial score (nSPS) is 20.4. The molecule has 2 amide bonds. The van der Waals surface area contributed by atoms with Crippen LogP contribution >= 0.6 is 0 Å². The van der Waals surface area contributed by atoms with Gasteiger partial charge in [0.1, 0.15) is 0 Å². The highest BCUT2D eigenvalue weighted by Gasteiger charge is 2.26. The number of hydrogen-bond donors (Lipinski definition) is 1. The molecule has 2 aliphatic heterocycles. The lowest BCUT2D eigenvalue weighted by Crippen LogP contribution is -2.38. The van der Waals surface area contributed by atoms with Crippen LogP contribution in [0.5, 0.6) is 0 Å². The number of benzene rings is 1. The molecule has 0 aliphatic carbocycles. The third-order valence-electron chi connectivity index (χ3n) is 4.98. The fourth-order valence-electron chi connectivity index (χ4n) is 3.50. The van der Waals surface area contributed by atoms with Crippen LogP contribution in [0.3, 0.4) is 0 Å². The van der Waals surface area contributed by atoms with Gasteiger partial charge in [0.2, 0.25) is 5.91 Å². The SMILES string of the molecule is O=C1C=C(n2cc(C3CCN(C(=O)Cc4ccccc4)CC3)cn2)S(=O)N1. The Kier molecular flexibility index (Phi) is 4.89. The van der Waals surface area contributed by atoms with Crippen molar-refractivity contribution in [1.29, 1.82) is 0 Å². The molecule has 2 aromatic rings. The Morgan fingerprint density at radius 3 is 2.63 bits per heavy atom. The van der Waals surface area contributed by atoms with Crippen molar-refractivity contribution in [1.82, 2.24) is 19.4 Å². The zero-order chi connectivity index (χ0) is 18.8. The third-order valence-corrected chi connectivity index (χ3v) is 6.05. The van der Waals surface area contributed by atoms with Gasteiger partial charge in [-0.05, 0) is 29.9 Å². The van der Waals surface area contributed by atoms with E-state index in [1.54, 1.807) is 6.20 Å². The van der Waals surface area contributed by atoms with E-state index < -0.39 is 11.0 Å². The minimum atomic E-state index is -1.56. The van der Waals surface area contributed by atoms with Crippen LogP contribution in [0.15, 0.2) is 48.8 Å². The van der Waals surface area contributed by atoms with E-state index in [0.29, 0.717) is 17.4 Å². The summed E-state index contributed by atoms with van der Waals surface area (Å²) >= 11 is 0. The number of piperidine rings is 1. The molecule has 1 N–H and O–H groups in total. The maximum Gasteiger partial charge on any atom is 0.258 e. The second-order valence-corrected chi connectivity index (χ2v) is 7.91. The van der Waals surface area contributed by atoms with E-state index in [1.807, 2.05) is 41.4 Å². The van der Waals surface area contributed by atoms with Crippen molar-refractivity contribution in [2.24, 2.45) is 0 Å². The zero-order valence-corrected chi connectivity index (χ0v) is 15.5. The first-order valence-electron chi connectivity index (χ1n) is 8.91. The van der Waals surface area contributed by atoms with Gasteiger partial charge < -0.3 is 4.90 Å². The summed E-state index contributed by atoms with van der Waals surface area (Å²) in [7, 11) is -1.56. The van der Waals surface area contributed by atoms with Crippen LogP contribution in [0, 0.1) is 0 Å². The summed E-state index contributed by atoms with van der Waals surface area (Å²) in [4.78, 5) is 25.7. The van der Waals surface area contributed by atoms with Crippen molar-refractivity contribution in [3.8, 4) is 0 Å². The van der Waals surface area contributed by atoms with Crippen molar-refractivity contribution >= 4 is 27.8 Å². The summed E-state index contributed by atoms with van der Waals surface area (Å²) in [5, 5.41) is 4.60. The summed E-state index contributed by atoms with van der Waals surface area (Å²) in [5.74, 6) is 0.0932. The third kappa shape index (κ3) is 3.85. The van der Waals surface area contributed by atoms with Gasteiger partial charge >= 0.3 is 0 Å². The van der Waals surface area contributed by atoms with Gasteiger partial charge in [-0.2, -0.15) is 5.10 Å². The van der Waals surface area contributed by atoms with Crippen LogP contribution in [0.1, 0.15) is 29.9 Å². The fraction of sp³-hybridized carbons (Fsp3) is 0.316. The van der Waals surface area contributed by atoms with Crippen LogP contribution in [0.2, 0.25) is 0 Å². The van der Waals surface area contributed by atoms with E-state index in [9.17, 15) is 13.8 Å². The number of carbonyl (C=O) groups excluding carboxylic acids is 2. The Labute approximate surface area is 159 Å². The standard InChI is InChI=1S/C19H20N4O3S/c24-17-11-19(27(26)21-17)23-13-16(12-20-23)15-6-8-22(9-7-15)18(25)10-14-4-2-1-3-5-14/h1-5,11-13,15H,6-10H2,(H,21,24). The van der Waals surface area contributed by atoms with E-state index in [4.69, 9.17) is 0 Å². The van der Waals surface area contributed by atoms with Crippen molar-refractivity contribution in [2.45, 2.75) is 25.2 Å². The van der Waals surface area contributed by atoms with E-state index in [-0.39, 0.29) is 11.8 Å². The van der Waals surface area contributed by atoms with E-state index >= 15 is 0 Å². The highest BCUT2D eigenvalue weighted by Crippen LogP contribution is 2.29. The van der Waals surface area contributed by atoms with Crippen LogP contribution in [-0.4, -0.2) is 43.8 Å². The molecule has 3 heterocycles. The second kappa shape index (κ2) is 7.48. The number of rotatable bonds is 4. The molecular formula is C19H20N4O3S. The molecule has 1 aromatic carbocycles. The van der Waals surface area contributed by atoms with E-state index in [2.05, 4.69) is 9.82 Å². The van der Waals surface area contributed by atoms with Crippen LogP contribution in [-0.2, 0) is 27.0 Å². The van der Waals surface area contributed by atoms with Crippen LogP contribution in [0.25, 0.3) is 5.03 Å². The summed E-state index contributed by atoms with van der Waals surface area (Å²) in [6, 6.07) is 9.79. The Bertz CT molecular complexity index is 914. The Morgan fingerprint density at radius 1 is 1.22 bits per heavy atom. The van der Waals surface area contributed by atoms with E-state index in [0.717, 1.165) is 37.1 Å². The predicted molar refractivity (Wildman–Crippen MR) is 101 cm³/mol. The minimum Gasteiger partial charge on any atom is -0.342 e. The summed E-state index contributed by atoms with van der Waals surface area (Å²) < 4.78 is 15.7. The smallest absolute Gasteiger partial charge is 0.258 e. The minimum absolute atomic E-state index is 0.159. The maximum absolute atomic E-state index is 12.5. The molecule has 1 saturated heterocycles. The molecule has 2 aliphatic rings. The molecule has 140 valence electrons. The molecular weight excluding hydrogens is 364 g/mol. The van der Waals surface area contributed by atoms with Gasteiger partial charge in [-0.1, -0.05) is 30.3 Å². The number of nitrogens with one attached hydrogen (secondary N) is 1. The Hall–Kier alpha value is -2.74. The molecule has 0 spiro atoms. The quantitative estimate of drug-likeness (QED) is 0.864. The average molecular weight is 384 g/mol. The second-order valence-electron chi connectivity index (χ2n) is 6.75. The van der Waals surface area contributed by atoms with Gasteiger partial charge in [0.05, 0.1) is 12.6 Å². The van der Waals surface area contributed by atoms with Crippen molar-refractivity contribution < 1.29 is 13.8 Å². The molecule has 1 atom stereocenters. The first-order chi connectivity index (χ1) is 13.1. The first-order valence-corrected chi connectivity index (χ1v) is 10.1. The van der Waals surface area contributed by atoms with Gasteiger partial charge in [0, 0.05) is 25.4 Å². The highest BCUT2D eigenvalue weighted by molar-refractivity contribution is 7.93. The van der Waals surface area contributed by atoms with Crippen LogP contribution in [0.4, 0.5) is 0 Å². The molecule has 4 rings (SSSR count). The van der Waals surface area contributed by atoms with Gasteiger partial charge in [-0.3, -0.25) is 14.3 Å². The Balaban J connectivity index is 1.36. The lowest BCUT2D eigenvalue weighted by atomic mass is 9.91. The molecule has 0 saturated carbocycles. The molecule has 1 unspecified atom stereocenters. The summed E-state index contributed by atoms with van der Waals surface area (Å²) in [6.45, 7) is 1.44. The first kappa shape index (κ1) is 17.7. The highest BCUT2D eigenvalue weighted by atomic mass is 32.2. The molecule has 8 heteroatoms. The number of carbonyl (C=O) groups is 2. The average Bonchev–Trinajstić information content (AvgIpc) is 3.29. The number of nitrogens with zero attached hydrogens (tertiary/aromatic N) is 3. The summed E-state index contributed by atoms with van der Waals surface area (Å²) in [6.07, 6.45) is 7.06. The lowest BCUT2D eigenvalue weighted by Gasteiger charge is -2.31. The van der Waals surface area contributed by atoms with Gasteiger partial charge in [0.25, 0.3) is 5.91 Å². The molecule has 0 bridgehead atoms. The number of hydrogen-bond acceptors (Lipinski definition) is 4. The Morgan fingerprint density at radius 2 is 1.96 bits per heavy atom. The molecule has 27 heavy (non-hydrogen) atoms. The maximum atomic E-state index is 12.5. The fourth-order valence-corrected chi connectivity index (χ4v) is 4.33. The number of amides is 2. The van der Waals surface area contributed by atoms with Gasteiger partial charge in [0.15, 0.2) is 16.0 Å². The molecule has 1 aromatic heterocycles. The molecule has 7 nitrogen and oxygen atoms in total. The summed E-state index contributed by atoms with van der Waals surface area (Å²) in [5.41, 5.74) is 2.08.